The second kappa shape index (κ2) is 10.1. The van der Waals surface area contributed by atoms with Gasteiger partial charge in [-0.25, -0.2) is 27.1 Å². The van der Waals surface area contributed by atoms with E-state index < -0.39 is 38.3 Å². The highest BCUT2D eigenvalue weighted by Gasteiger charge is 2.26. The van der Waals surface area contributed by atoms with Gasteiger partial charge in [0.15, 0.2) is 0 Å². The van der Waals surface area contributed by atoms with Crippen LogP contribution >= 0.6 is 0 Å². The zero-order valence-corrected chi connectivity index (χ0v) is 21.1. The topological polar surface area (TPSA) is 122 Å². The van der Waals surface area contributed by atoms with Gasteiger partial charge in [-0.2, -0.15) is 0 Å². The molecule has 0 aliphatic heterocycles. The molecule has 0 heterocycles. The van der Waals surface area contributed by atoms with Crippen LogP contribution in [0.25, 0.3) is 0 Å². The first-order chi connectivity index (χ1) is 15.6. The lowest BCUT2D eigenvalue weighted by molar-refractivity contribution is 0.0600. The Morgan fingerprint density at radius 2 is 1.53 bits per heavy atom. The number of halogens is 1. The number of hydrogen-bond donors (Lipinski definition) is 3. The van der Waals surface area contributed by atoms with Crippen LogP contribution in [-0.4, -0.2) is 32.6 Å². The van der Waals surface area contributed by atoms with Crippen molar-refractivity contribution >= 4 is 27.7 Å². The van der Waals surface area contributed by atoms with Crippen LogP contribution in [0.4, 0.5) is 14.9 Å². The van der Waals surface area contributed by atoms with Crippen molar-refractivity contribution in [1.82, 2.24) is 4.72 Å². The summed E-state index contributed by atoms with van der Waals surface area (Å²) >= 11 is 0. The first-order valence-electron chi connectivity index (χ1n) is 10.7. The summed E-state index contributed by atoms with van der Waals surface area (Å²) in [6, 6.07) is 5.01. The first-order valence-corrected chi connectivity index (χ1v) is 12.2. The van der Waals surface area contributed by atoms with Gasteiger partial charge >= 0.3 is 12.0 Å². The molecule has 0 atom stereocenters. The third kappa shape index (κ3) is 6.32. The van der Waals surface area contributed by atoms with Crippen LogP contribution in [0, 0.1) is 5.82 Å². The number of carbonyl (C=O) groups excluding carboxylic acids is 2. The molecule has 8 nitrogen and oxygen atoms in total. The Hall–Kier alpha value is -2.98. The number of aliphatic hydroxyl groups is 1. The monoisotopic (exact) mass is 494 g/mol. The van der Waals surface area contributed by atoms with Crippen LogP contribution in [-0.2, 0) is 20.4 Å². The van der Waals surface area contributed by atoms with Crippen molar-refractivity contribution in [3.05, 3.63) is 58.4 Å². The summed E-state index contributed by atoms with van der Waals surface area (Å²) in [6.07, 6.45) is 0. The van der Waals surface area contributed by atoms with Crippen LogP contribution in [0.15, 0.2) is 35.2 Å². The standard InChI is InChI=1S/C24H31FN2O6S/c1-13(2)19-8-15(22(28)33-7)9-20(14(3)4)21(19)26-23(29)27-34(31,32)18-11-16(24(5,6)30)10-17(25)12-18/h8-14,30H,1-7H3,(H2,26,27,29). The quantitative estimate of drug-likeness (QED) is 0.484. The fourth-order valence-corrected chi connectivity index (χ4v) is 4.33. The minimum absolute atomic E-state index is 0.0378. The number of sulfonamides is 1. The predicted molar refractivity (Wildman–Crippen MR) is 127 cm³/mol. The van der Waals surface area contributed by atoms with Gasteiger partial charge in [-0.3, -0.25) is 0 Å². The number of hydrogen-bond acceptors (Lipinski definition) is 6. The third-order valence-corrected chi connectivity index (χ3v) is 6.53. The Kier molecular flexibility index (Phi) is 8.10. The number of methoxy groups -OCH3 is 1. The molecule has 0 aliphatic carbocycles. The molecule has 186 valence electrons. The molecule has 0 radical (unpaired) electrons. The number of benzene rings is 2. The average Bonchev–Trinajstić information content (AvgIpc) is 2.71. The van der Waals surface area contributed by atoms with Crippen molar-refractivity contribution in [3.8, 4) is 0 Å². The highest BCUT2D eigenvalue weighted by atomic mass is 32.2. The van der Waals surface area contributed by atoms with Gasteiger partial charge in [0.05, 0.1) is 23.2 Å². The SMILES string of the molecule is COC(=O)c1cc(C(C)C)c(NC(=O)NS(=O)(=O)c2cc(F)cc(C(C)(C)O)c2)c(C(C)C)c1. The first kappa shape index (κ1) is 27.3. The Labute approximate surface area is 199 Å². The van der Waals surface area contributed by atoms with E-state index >= 15 is 0 Å². The van der Waals surface area contributed by atoms with Crippen LogP contribution < -0.4 is 10.0 Å². The van der Waals surface area contributed by atoms with Crippen molar-refractivity contribution in [3.63, 3.8) is 0 Å². The van der Waals surface area contributed by atoms with Crippen molar-refractivity contribution < 1.29 is 32.2 Å². The molecule has 0 bridgehead atoms. The number of anilines is 1. The molecule has 34 heavy (non-hydrogen) atoms. The molecule has 0 saturated heterocycles. The molecule has 2 aromatic carbocycles. The second-order valence-corrected chi connectivity index (χ2v) is 10.8. The lowest BCUT2D eigenvalue weighted by Gasteiger charge is -2.22. The van der Waals surface area contributed by atoms with E-state index in [4.69, 9.17) is 4.74 Å². The van der Waals surface area contributed by atoms with E-state index in [9.17, 15) is 27.5 Å². The van der Waals surface area contributed by atoms with Gasteiger partial charge in [0.1, 0.15) is 5.82 Å². The summed E-state index contributed by atoms with van der Waals surface area (Å²) in [5.74, 6) is -1.64. The summed E-state index contributed by atoms with van der Waals surface area (Å²) in [7, 11) is -3.19. The molecule has 0 unspecified atom stereocenters. The maximum atomic E-state index is 14.0. The highest BCUT2D eigenvalue weighted by Crippen LogP contribution is 2.34. The molecule has 2 rings (SSSR count). The molecular formula is C24H31FN2O6S. The fourth-order valence-electron chi connectivity index (χ4n) is 3.37. The zero-order valence-electron chi connectivity index (χ0n) is 20.3. The lowest BCUT2D eigenvalue weighted by atomic mass is 9.90. The Morgan fingerprint density at radius 1 is 1.00 bits per heavy atom. The number of carbonyl (C=O) groups is 2. The van der Waals surface area contributed by atoms with Gasteiger partial charge in [-0.15, -0.1) is 0 Å². The number of nitrogens with one attached hydrogen (secondary N) is 2. The molecule has 0 aliphatic rings. The summed E-state index contributed by atoms with van der Waals surface area (Å²) in [6.45, 7) is 10.2. The smallest absolute Gasteiger partial charge is 0.337 e. The molecule has 10 heteroatoms. The van der Waals surface area contributed by atoms with Gasteiger partial charge in [0, 0.05) is 5.69 Å². The summed E-state index contributed by atoms with van der Waals surface area (Å²) in [5.41, 5.74) is 0.474. The normalized spacial score (nSPS) is 12.1. The van der Waals surface area contributed by atoms with E-state index in [1.165, 1.54) is 21.0 Å². The van der Waals surface area contributed by atoms with Crippen LogP contribution in [0.1, 0.15) is 80.4 Å². The number of ether oxygens (including phenoxy) is 1. The van der Waals surface area contributed by atoms with Crippen LogP contribution in [0.3, 0.4) is 0 Å². The Bertz CT molecular complexity index is 1170. The van der Waals surface area contributed by atoms with Crippen molar-refractivity contribution in [2.45, 2.75) is 63.9 Å². The molecule has 3 N–H and O–H groups in total. The van der Waals surface area contributed by atoms with E-state index in [-0.39, 0.29) is 17.4 Å². The van der Waals surface area contributed by atoms with Crippen molar-refractivity contribution in [1.29, 1.82) is 0 Å². The highest BCUT2D eigenvalue weighted by molar-refractivity contribution is 7.90. The van der Waals surface area contributed by atoms with Gasteiger partial charge in [0.2, 0.25) is 0 Å². The largest absolute Gasteiger partial charge is 0.465 e. The van der Waals surface area contributed by atoms with E-state index in [2.05, 4.69) is 5.32 Å². The number of esters is 1. The molecule has 2 aromatic rings. The van der Waals surface area contributed by atoms with Crippen LogP contribution in [0.2, 0.25) is 0 Å². The minimum Gasteiger partial charge on any atom is -0.465 e. The van der Waals surface area contributed by atoms with Crippen molar-refractivity contribution in [2.24, 2.45) is 0 Å². The van der Waals surface area contributed by atoms with Gasteiger partial charge in [-0.05, 0) is 72.7 Å². The Morgan fingerprint density at radius 3 is 1.97 bits per heavy atom. The second-order valence-electron chi connectivity index (χ2n) is 9.12. The maximum absolute atomic E-state index is 14.0. The molecule has 0 spiro atoms. The molecule has 0 aromatic heterocycles. The van der Waals surface area contributed by atoms with Gasteiger partial charge in [0.25, 0.3) is 10.0 Å². The molecule has 0 saturated carbocycles. The zero-order chi connectivity index (χ0) is 26.0. The molecular weight excluding hydrogens is 463 g/mol. The number of amides is 2. The number of rotatable bonds is 7. The summed E-state index contributed by atoms with van der Waals surface area (Å²) < 4.78 is 46.4. The van der Waals surface area contributed by atoms with E-state index in [0.717, 1.165) is 18.2 Å². The molecule has 2 amide bonds. The van der Waals surface area contributed by atoms with E-state index in [1.54, 1.807) is 12.1 Å². The summed E-state index contributed by atoms with van der Waals surface area (Å²) in [5, 5.41) is 12.7. The van der Waals surface area contributed by atoms with E-state index in [0.29, 0.717) is 22.4 Å². The van der Waals surface area contributed by atoms with Crippen LogP contribution in [0.5, 0.6) is 0 Å². The van der Waals surface area contributed by atoms with Crippen molar-refractivity contribution in [2.75, 3.05) is 12.4 Å². The number of urea groups is 1. The predicted octanol–water partition coefficient (Wildman–Crippen LogP) is 4.60. The minimum atomic E-state index is -4.46. The van der Waals surface area contributed by atoms with E-state index in [1.807, 2.05) is 32.4 Å². The molecule has 0 fully saturated rings. The third-order valence-electron chi connectivity index (χ3n) is 5.22. The average molecular weight is 495 g/mol. The maximum Gasteiger partial charge on any atom is 0.337 e. The lowest BCUT2D eigenvalue weighted by Crippen LogP contribution is -2.35. The fraction of sp³-hybridized carbons (Fsp3) is 0.417. The van der Waals surface area contributed by atoms with Gasteiger partial charge < -0.3 is 15.2 Å². The Balaban J connectivity index is 2.46. The van der Waals surface area contributed by atoms with Gasteiger partial charge in [-0.1, -0.05) is 27.7 Å². The summed E-state index contributed by atoms with van der Waals surface area (Å²) in [4.78, 5) is 24.4.